The predicted octanol–water partition coefficient (Wildman–Crippen LogP) is 3.55. The Balaban J connectivity index is 2.31. The minimum Gasteiger partial charge on any atom is -0.207 e. The zero-order valence-electron chi connectivity index (χ0n) is 10.7. The Morgan fingerprint density at radius 2 is 1.95 bits per heavy atom. The summed E-state index contributed by atoms with van der Waals surface area (Å²) in [5.41, 5.74) is 0. The molecule has 3 nitrogen and oxygen atoms in total. The van der Waals surface area contributed by atoms with Gasteiger partial charge in [-0.2, -0.15) is 17.5 Å². The van der Waals surface area contributed by atoms with Gasteiger partial charge in [-0.3, -0.25) is 0 Å². The van der Waals surface area contributed by atoms with Gasteiger partial charge in [0.2, 0.25) is 10.0 Å². The number of alkyl halides is 3. The highest BCUT2D eigenvalue weighted by atomic mass is 79.9. The molecule has 0 amide bonds. The molecule has 0 spiro atoms. The maximum absolute atomic E-state index is 13.8. The molecule has 1 saturated heterocycles. The molecular weight excluding hydrogens is 378 g/mol. The molecule has 9 heteroatoms. The zero-order chi connectivity index (χ0) is 15.8. The molecule has 0 radical (unpaired) electrons. The lowest BCUT2D eigenvalue weighted by atomic mass is 9.99. The van der Waals surface area contributed by atoms with Crippen molar-refractivity contribution in [1.29, 1.82) is 0 Å². The fourth-order valence-electron chi connectivity index (χ4n) is 2.25. The van der Waals surface area contributed by atoms with Crippen molar-refractivity contribution in [2.45, 2.75) is 23.9 Å². The molecule has 1 aliphatic rings. The first-order valence-electron chi connectivity index (χ1n) is 6.14. The van der Waals surface area contributed by atoms with Gasteiger partial charge < -0.3 is 0 Å². The Morgan fingerprint density at radius 3 is 2.52 bits per heavy atom. The molecule has 0 saturated carbocycles. The molecule has 0 bridgehead atoms. The summed E-state index contributed by atoms with van der Waals surface area (Å²) >= 11 is 3.00. The van der Waals surface area contributed by atoms with E-state index in [1.54, 1.807) is 0 Å². The molecule has 0 aliphatic carbocycles. The lowest BCUT2D eigenvalue weighted by molar-refractivity contribution is -0.182. The number of hydrogen-bond acceptors (Lipinski definition) is 2. The molecule has 1 aromatic carbocycles. The summed E-state index contributed by atoms with van der Waals surface area (Å²) in [6, 6.07) is 3.35. The van der Waals surface area contributed by atoms with Gasteiger partial charge in [-0.15, -0.1) is 0 Å². The predicted molar refractivity (Wildman–Crippen MR) is 71.6 cm³/mol. The van der Waals surface area contributed by atoms with Gasteiger partial charge in [0.05, 0.1) is 5.92 Å². The lowest BCUT2D eigenvalue weighted by Crippen LogP contribution is -2.44. The van der Waals surface area contributed by atoms with Crippen LogP contribution in [0.3, 0.4) is 0 Å². The van der Waals surface area contributed by atoms with Crippen molar-refractivity contribution >= 4 is 26.0 Å². The highest BCUT2D eigenvalue weighted by Crippen LogP contribution is 2.35. The first-order valence-corrected chi connectivity index (χ1v) is 8.37. The molecule has 118 valence electrons. The van der Waals surface area contributed by atoms with Gasteiger partial charge in [-0.25, -0.2) is 12.8 Å². The quantitative estimate of drug-likeness (QED) is 0.725. The third kappa shape index (κ3) is 3.57. The Morgan fingerprint density at radius 1 is 1.29 bits per heavy atom. The molecule has 1 aromatic rings. The van der Waals surface area contributed by atoms with Crippen LogP contribution in [0, 0.1) is 11.7 Å². The molecule has 0 aromatic heterocycles. The maximum Gasteiger partial charge on any atom is 0.393 e. The van der Waals surface area contributed by atoms with E-state index in [1.165, 1.54) is 6.07 Å². The van der Waals surface area contributed by atoms with Gasteiger partial charge in [0, 0.05) is 17.6 Å². The first kappa shape index (κ1) is 16.7. The fraction of sp³-hybridized carbons (Fsp3) is 0.500. The summed E-state index contributed by atoms with van der Waals surface area (Å²) in [7, 11) is -4.27. The minimum atomic E-state index is -4.45. The van der Waals surface area contributed by atoms with E-state index >= 15 is 0 Å². The Bertz CT molecular complexity index is 633. The van der Waals surface area contributed by atoms with Crippen molar-refractivity contribution in [3.63, 3.8) is 0 Å². The number of hydrogen-bond donors (Lipinski definition) is 0. The van der Waals surface area contributed by atoms with Gasteiger partial charge in [-0.1, -0.05) is 15.9 Å². The van der Waals surface area contributed by atoms with Gasteiger partial charge in [0.25, 0.3) is 0 Å². The summed E-state index contributed by atoms with van der Waals surface area (Å²) in [5.74, 6) is -2.70. The molecular formula is C12H12BrF4NO2S. The van der Waals surface area contributed by atoms with Crippen LogP contribution in [0.1, 0.15) is 12.8 Å². The first-order chi connectivity index (χ1) is 9.62. The second-order valence-corrected chi connectivity index (χ2v) is 7.64. The van der Waals surface area contributed by atoms with E-state index < -0.39 is 39.4 Å². The van der Waals surface area contributed by atoms with Crippen LogP contribution in [0.15, 0.2) is 27.6 Å². The summed E-state index contributed by atoms with van der Waals surface area (Å²) in [6.45, 7) is -0.703. The van der Waals surface area contributed by atoms with Gasteiger partial charge in [0.15, 0.2) is 0 Å². The number of piperidine rings is 1. The van der Waals surface area contributed by atoms with Crippen molar-refractivity contribution < 1.29 is 26.0 Å². The van der Waals surface area contributed by atoms with Gasteiger partial charge >= 0.3 is 6.18 Å². The highest BCUT2D eigenvalue weighted by Gasteiger charge is 2.44. The van der Waals surface area contributed by atoms with Gasteiger partial charge in [0.1, 0.15) is 10.7 Å². The van der Waals surface area contributed by atoms with E-state index in [2.05, 4.69) is 15.9 Å². The molecule has 2 rings (SSSR count). The van der Waals surface area contributed by atoms with Crippen LogP contribution in [-0.2, 0) is 10.0 Å². The third-order valence-corrected chi connectivity index (χ3v) is 5.75. The average molecular weight is 390 g/mol. The van der Waals surface area contributed by atoms with Gasteiger partial charge in [-0.05, 0) is 31.0 Å². The lowest BCUT2D eigenvalue weighted by Gasteiger charge is -2.32. The summed E-state index contributed by atoms with van der Waals surface area (Å²) < 4.78 is 77.6. The van der Waals surface area contributed by atoms with Crippen molar-refractivity contribution in [2.24, 2.45) is 5.92 Å². The van der Waals surface area contributed by atoms with Crippen LogP contribution >= 0.6 is 15.9 Å². The van der Waals surface area contributed by atoms with E-state index in [9.17, 15) is 26.0 Å². The van der Waals surface area contributed by atoms with Crippen LogP contribution in [0.4, 0.5) is 17.6 Å². The largest absolute Gasteiger partial charge is 0.393 e. The number of rotatable bonds is 2. The Hall–Kier alpha value is -0.670. The molecule has 1 heterocycles. The molecule has 1 unspecified atom stereocenters. The summed E-state index contributed by atoms with van der Waals surface area (Å²) in [5, 5.41) is 0. The number of sulfonamides is 1. The molecule has 0 N–H and O–H groups in total. The van der Waals surface area contributed by atoms with Crippen LogP contribution < -0.4 is 0 Å². The van der Waals surface area contributed by atoms with E-state index in [0.29, 0.717) is 8.78 Å². The van der Waals surface area contributed by atoms with Crippen LogP contribution in [-0.4, -0.2) is 32.0 Å². The third-order valence-electron chi connectivity index (χ3n) is 3.36. The SMILES string of the molecule is O=S(=O)(c1ccc(Br)cc1F)N1CCCC(C(F)(F)F)C1. The average Bonchev–Trinajstić information content (AvgIpc) is 2.37. The molecule has 1 atom stereocenters. The number of benzene rings is 1. The van der Waals surface area contributed by atoms with Crippen LogP contribution in [0.5, 0.6) is 0 Å². The summed E-state index contributed by atoms with van der Waals surface area (Å²) in [4.78, 5) is -0.603. The van der Waals surface area contributed by atoms with E-state index in [1.807, 2.05) is 0 Å². The Labute approximate surface area is 128 Å². The fourth-order valence-corrected chi connectivity index (χ4v) is 4.15. The smallest absolute Gasteiger partial charge is 0.207 e. The standard InChI is InChI=1S/C12H12BrF4NO2S/c13-9-3-4-11(10(14)6-9)21(19,20)18-5-1-2-8(7-18)12(15,16)17/h3-4,6,8H,1-2,5,7H2. The van der Waals surface area contributed by atoms with Crippen molar-refractivity contribution in [2.75, 3.05) is 13.1 Å². The maximum atomic E-state index is 13.8. The highest BCUT2D eigenvalue weighted by molar-refractivity contribution is 9.10. The minimum absolute atomic E-state index is 0.0373. The molecule has 21 heavy (non-hydrogen) atoms. The normalized spacial score (nSPS) is 21.5. The topological polar surface area (TPSA) is 37.4 Å². The molecule has 1 aliphatic heterocycles. The van der Waals surface area contributed by atoms with E-state index in [4.69, 9.17) is 0 Å². The van der Waals surface area contributed by atoms with E-state index in [-0.39, 0.29) is 19.4 Å². The monoisotopic (exact) mass is 389 g/mol. The second-order valence-electron chi connectivity index (χ2n) is 4.82. The van der Waals surface area contributed by atoms with Crippen molar-refractivity contribution in [3.8, 4) is 0 Å². The van der Waals surface area contributed by atoms with Crippen LogP contribution in [0.2, 0.25) is 0 Å². The molecule has 1 fully saturated rings. The Kier molecular flexibility index (Phi) is 4.65. The summed E-state index contributed by atoms with van der Waals surface area (Å²) in [6.07, 6.45) is -4.47. The van der Waals surface area contributed by atoms with Crippen molar-refractivity contribution in [1.82, 2.24) is 4.31 Å². The van der Waals surface area contributed by atoms with E-state index in [0.717, 1.165) is 12.1 Å². The van der Waals surface area contributed by atoms with Crippen molar-refractivity contribution in [3.05, 3.63) is 28.5 Å². The number of halogens is 5. The second kappa shape index (κ2) is 5.85. The zero-order valence-corrected chi connectivity index (χ0v) is 13.1. The van der Waals surface area contributed by atoms with Crippen LogP contribution in [0.25, 0.3) is 0 Å². The number of nitrogens with zero attached hydrogens (tertiary/aromatic N) is 1.